The summed E-state index contributed by atoms with van der Waals surface area (Å²) in [5, 5.41) is 3.69. The molecule has 2 aromatic heterocycles. The molecule has 0 radical (unpaired) electrons. The number of aryl methyl sites for hydroxylation is 1. The van der Waals surface area contributed by atoms with E-state index >= 15 is 0 Å². The van der Waals surface area contributed by atoms with Crippen LogP contribution < -0.4 is 4.31 Å². The van der Waals surface area contributed by atoms with Crippen molar-refractivity contribution >= 4 is 27.0 Å². The molecule has 3 heterocycles. The zero-order valence-electron chi connectivity index (χ0n) is 13.3. The lowest BCUT2D eigenvalue weighted by Gasteiger charge is -2.24. The van der Waals surface area contributed by atoms with Crippen LogP contribution in [0.5, 0.6) is 0 Å². The van der Waals surface area contributed by atoms with Gasteiger partial charge in [0.15, 0.2) is 5.76 Å². The van der Waals surface area contributed by atoms with Crippen LogP contribution >= 0.6 is 11.3 Å². The topological polar surface area (TPSA) is 63.4 Å². The highest BCUT2D eigenvalue weighted by molar-refractivity contribution is 7.93. The second kappa shape index (κ2) is 5.46. The molecule has 3 aromatic rings. The summed E-state index contributed by atoms with van der Waals surface area (Å²) in [5.41, 5.74) is 1.84. The number of thiophene rings is 1. The van der Waals surface area contributed by atoms with Gasteiger partial charge >= 0.3 is 0 Å². The molecule has 1 aromatic carbocycles. The highest BCUT2D eigenvalue weighted by Crippen LogP contribution is 2.40. The number of rotatable bonds is 3. The van der Waals surface area contributed by atoms with E-state index in [1.165, 1.54) is 11.3 Å². The summed E-state index contributed by atoms with van der Waals surface area (Å²) < 4.78 is 33.3. The maximum absolute atomic E-state index is 13.3. The third kappa shape index (κ3) is 2.27. The molecule has 7 heteroatoms. The lowest BCUT2D eigenvalue weighted by Crippen LogP contribution is -2.35. The maximum Gasteiger partial charge on any atom is 0.265 e. The van der Waals surface area contributed by atoms with Gasteiger partial charge in [-0.05, 0) is 38.0 Å². The van der Waals surface area contributed by atoms with Crippen molar-refractivity contribution in [2.24, 2.45) is 0 Å². The average Bonchev–Trinajstić information content (AvgIpc) is 3.23. The van der Waals surface area contributed by atoms with E-state index in [0.717, 1.165) is 27.4 Å². The number of hydrogen-bond donors (Lipinski definition) is 0. The molecule has 0 bridgehead atoms. The first-order valence-electron chi connectivity index (χ1n) is 7.62. The minimum atomic E-state index is -3.62. The van der Waals surface area contributed by atoms with Crippen LogP contribution in [0.2, 0.25) is 0 Å². The second-order valence-corrected chi connectivity index (χ2v) is 8.93. The summed E-state index contributed by atoms with van der Waals surface area (Å²) in [6, 6.07) is 11.0. The zero-order chi connectivity index (χ0) is 16.9. The molecular weight excluding hydrogens is 344 g/mol. The van der Waals surface area contributed by atoms with Crippen LogP contribution in [0.25, 0.3) is 10.6 Å². The molecule has 0 fully saturated rings. The van der Waals surface area contributed by atoms with Crippen molar-refractivity contribution in [1.82, 2.24) is 5.16 Å². The smallest absolute Gasteiger partial charge is 0.265 e. The van der Waals surface area contributed by atoms with E-state index < -0.39 is 10.0 Å². The maximum atomic E-state index is 13.3. The molecular formula is C17H16N2O3S2. The monoisotopic (exact) mass is 360 g/mol. The fourth-order valence-corrected chi connectivity index (χ4v) is 6.41. The Morgan fingerprint density at radius 3 is 2.83 bits per heavy atom. The summed E-state index contributed by atoms with van der Waals surface area (Å²) in [5.74, 6) is 0.583. The third-order valence-corrected chi connectivity index (χ3v) is 7.48. The number of nitrogens with zero attached hydrogens (tertiary/aromatic N) is 2. The first-order chi connectivity index (χ1) is 11.5. The van der Waals surface area contributed by atoms with Crippen molar-refractivity contribution in [3.05, 3.63) is 53.0 Å². The van der Waals surface area contributed by atoms with Crippen molar-refractivity contribution in [2.45, 2.75) is 31.2 Å². The van der Waals surface area contributed by atoms with Gasteiger partial charge in [-0.2, -0.15) is 0 Å². The Bertz CT molecular complexity index is 991. The van der Waals surface area contributed by atoms with Gasteiger partial charge in [-0.25, -0.2) is 8.42 Å². The number of hydrogen-bond acceptors (Lipinski definition) is 5. The Morgan fingerprint density at radius 2 is 2.08 bits per heavy atom. The Hall–Kier alpha value is -2.12. The van der Waals surface area contributed by atoms with Crippen LogP contribution in [-0.2, 0) is 16.4 Å². The molecule has 4 rings (SSSR count). The van der Waals surface area contributed by atoms with Gasteiger partial charge in [0.25, 0.3) is 10.0 Å². The van der Waals surface area contributed by atoms with Crippen LogP contribution in [0.15, 0.2) is 52.0 Å². The van der Waals surface area contributed by atoms with Gasteiger partial charge in [0.05, 0.1) is 16.8 Å². The van der Waals surface area contributed by atoms with Gasteiger partial charge in [0.1, 0.15) is 4.90 Å². The number of benzene rings is 1. The summed E-state index contributed by atoms with van der Waals surface area (Å²) in [6.07, 6.45) is 2.28. The van der Waals surface area contributed by atoms with E-state index in [4.69, 9.17) is 4.52 Å². The van der Waals surface area contributed by atoms with Crippen molar-refractivity contribution < 1.29 is 12.9 Å². The third-order valence-electron chi connectivity index (χ3n) is 4.23. The van der Waals surface area contributed by atoms with Crippen LogP contribution in [0.1, 0.15) is 17.4 Å². The summed E-state index contributed by atoms with van der Waals surface area (Å²) >= 11 is 1.40. The summed E-state index contributed by atoms with van der Waals surface area (Å²) in [6.45, 7) is 3.76. The van der Waals surface area contributed by atoms with Gasteiger partial charge in [-0.15, -0.1) is 11.3 Å². The number of para-hydroxylation sites is 1. The highest BCUT2D eigenvalue weighted by atomic mass is 32.2. The van der Waals surface area contributed by atoms with Crippen molar-refractivity contribution in [3.63, 3.8) is 0 Å². The van der Waals surface area contributed by atoms with E-state index in [1.807, 2.05) is 38.1 Å². The molecule has 1 atom stereocenters. The zero-order valence-corrected chi connectivity index (χ0v) is 14.9. The Balaban J connectivity index is 1.82. The molecule has 0 amide bonds. The molecule has 1 aliphatic rings. The van der Waals surface area contributed by atoms with Gasteiger partial charge < -0.3 is 4.52 Å². The minimum Gasteiger partial charge on any atom is -0.355 e. The van der Waals surface area contributed by atoms with Crippen molar-refractivity contribution in [3.8, 4) is 10.6 Å². The SMILES string of the molecule is Cc1sc(-c2ccno2)cc1S(=O)(=O)N1c2ccccc2C[C@@H]1C. The second-order valence-electron chi connectivity index (χ2n) is 5.89. The Kier molecular flexibility index (Phi) is 3.51. The normalized spacial score (nSPS) is 17.2. The average molecular weight is 360 g/mol. The minimum absolute atomic E-state index is 0.0968. The molecule has 0 unspecified atom stereocenters. The number of sulfonamides is 1. The molecule has 0 aliphatic carbocycles. The molecule has 0 saturated heterocycles. The van der Waals surface area contributed by atoms with Gasteiger partial charge in [-0.3, -0.25) is 4.31 Å². The molecule has 0 N–H and O–H groups in total. The number of anilines is 1. The molecule has 5 nitrogen and oxygen atoms in total. The summed E-state index contributed by atoms with van der Waals surface area (Å²) in [4.78, 5) is 1.85. The lowest BCUT2D eigenvalue weighted by molar-refractivity contribution is 0.433. The Morgan fingerprint density at radius 1 is 1.29 bits per heavy atom. The van der Waals surface area contributed by atoms with Crippen LogP contribution in [0.4, 0.5) is 5.69 Å². The van der Waals surface area contributed by atoms with E-state index in [1.54, 1.807) is 22.6 Å². The van der Waals surface area contributed by atoms with Crippen LogP contribution in [0.3, 0.4) is 0 Å². The fraction of sp³-hybridized carbons (Fsp3) is 0.235. The Labute approximate surface area is 144 Å². The van der Waals surface area contributed by atoms with Gasteiger partial charge in [0, 0.05) is 17.0 Å². The van der Waals surface area contributed by atoms with Gasteiger partial charge in [-0.1, -0.05) is 23.4 Å². The molecule has 0 saturated carbocycles. The van der Waals surface area contributed by atoms with Crippen molar-refractivity contribution in [1.29, 1.82) is 0 Å². The van der Waals surface area contributed by atoms with Crippen LogP contribution in [0, 0.1) is 6.92 Å². The molecule has 0 spiro atoms. The highest BCUT2D eigenvalue weighted by Gasteiger charge is 2.37. The first kappa shape index (κ1) is 15.4. The van der Waals surface area contributed by atoms with Crippen LogP contribution in [-0.4, -0.2) is 19.6 Å². The van der Waals surface area contributed by atoms with E-state index in [0.29, 0.717) is 10.7 Å². The number of aromatic nitrogens is 1. The standard InChI is InChI=1S/C17H16N2O3S2/c1-11-9-13-5-3-4-6-14(13)19(11)24(20,21)17-10-16(23-12(17)2)15-7-8-18-22-15/h3-8,10-11H,9H2,1-2H3/t11-/m0/s1. The molecule has 24 heavy (non-hydrogen) atoms. The fourth-order valence-electron chi connectivity index (χ4n) is 3.20. The molecule has 124 valence electrons. The first-order valence-corrected chi connectivity index (χ1v) is 9.88. The summed E-state index contributed by atoms with van der Waals surface area (Å²) in [7, 11) is -3.62. The van der Waals surface area contributed by atoms with Gasteiger partial charge in [0.2, 0.25) is 0 Å². The van der Waals surface area contributed by atoms with Crippen molar-refractivity contribution in [2.75, 3.05) is 4.31 Å². The largest absolute Gasteiger partial charge is 0.355 e. The van der Waals surface area contributed by atoms with E-state index in [-0.39, 0.29) is 6.04 Å². The quantitative estimate of drug-likeness (QED) is 0.712. The van der Waals surface area contributed by atoms with E-state index in [2.05, 4.69) is 5.16 Å². The predicted molar refractivity (Wildman–Crippen MR) is 93.8 cm³/mol. The van der Waals surface area contributed by atoms with E-state index in [9.17, 15) is 8.42 Å². The number of fused-ring (bicyclic) bond motifs is 1. The predicted octanol–water partition coefficient (Wildman–Crippen LogP) is 3.85. The lowest BCUT2D eigenvalue weighted by atomic mass is 10.1. The molecule has 1 aliphatic heterocycles.